The third-order valence-electron chi connectivity index (χ3n) is 7.19. The fraction of sp³-hybridized carbons (Fsp3) is 0.667. The number of nitrogens with zero attached hydrogens (tertiary/aromatic N) is 3. The topological polar surface area (TPSA) is 46.1 Å². The number of carbonyl (C=O) groups excluding carboxylic acids is 1. The van der Waals surface area contributed by atoms with Crippen molar-refractivity contribution in [3.05, 3.63) is 30.1 Å². The second kappa shape index (κ2) is 12.0. The van der Waals surface area contributed by atoms with Crippen molar-refractivity contribution in [1.82, 2.24) is 9.97 Å². The lowest BCUT2D eigenvalue weighted by Crippen LogP contribution is -2.22. The molecule has 0 radical (unpaired) electrons. The number of alkyl halides is 3. The monoisotopic (exact) mass is 477 g/mol. The Bertz CT molecular complexity index is 936. The molecule has 1 aliphatic rings. The first kappa shape index (κ1) is 26.4. The molecule has 2 aromatic rings. The first-order valence-electron chi connectivity index (χ1n) is 12.6. The number of Topliss-reactive ketones (excluding diaryl/α,β-unsaturated/α-hetero) is 1. The van der Waals surface area contributed by atoms with E-state index in [1.807, 2.05) is 37.2 Å². The molecule has 0 N–H and O–H groups in total. The number of hydrogen-bond acceptors (Lipinski definition) is 4. The van der Waals surface area contributed by atoms with Gasteiger partial charge in [-0.25, -0.2) is 9.97 Å². The average Bonchev–Trinajstić information content (AvgIpc) is 2.79. The molecule has 0 amide bonds. The smallest absolute Gasteiger partial charge is 0.362 e. The maximum absolute atomic E-state index is 12.6. The number of aryl methyl sites for hydroxylation is 1. The number of benzene rings is 1. The Morgan fingerprint density at radius 3 is 2.26 bits per heavy atom. The molecule has 3 rings (SSSR count). The molecule has 0 saturated heterocycles. The van der Waals surface area contributed by atoms with E-state index in [1.54, 1.807) is 0 Å². The number of fused-ring (bicyclic) bond motifs is 1. The quantitative estimate of drug-likeness (QED) is 0.345. The van der Waals surface area contributed by atoms with Crippen LogP contribution in [0.2, 0.25) is 0 Å². The maximum atomic E-state index is 12.6. The molecule has 0 spiro atoms. The summed E-state index contributed by atoms with van der Waals surface area (Å²) in [5, 5.41) is 1.08. The molecule has 188 valence electrons. The third kappa shape index (κ3) is 7.67. The number of carbonyl (C=O) groups is 1. The van der Waals surface area contributed by atoms with Gasteiger partial charge in [-0.15, -0.1) is 0 Å². The van der Waals surface area contributed by atoms with Gasteiger partial charge >= 0.3 is 6.18 Å². The van der Waals surface area contributed by atoms with Gasteiger partial charge in [-0.05, 0) is 36.8 Å². The fourth-order valence-electron chi connectivity index (χ4n) is 5.06. The Hall–Kier alpha value is -2.18. The van der Waals surface area contributed by atoms with Crippen LogP contribution in [0.15, 0.2) is 24.3 Å². The summed E-state index contributed by atoms with van der Waals surface area (Å²) >= 11 is 0. The second-order valence-electron chi connectivity index (χ2n) is 10.2. The number of para-hydroxylation sites is 1. The number of hydrogen-bond donors (Lipinski definition) is 0. The SMILES string of the molecule is CC(CC(=O)CCCC1CCC(CCCc2nc(N(C)C)c3ccccc3n2)CC1)C(F)(F)F. The molecule has 7 heteroatoms. The molecule has 1 aromatic carbocycles. The van der Waals surface area contributed by atoms with E-state index in [9.17, 15) is 18.0 Å². The lowest BCUT2D eigenvalue weighted by Gasteiger charge is -2.28. The molecule has 0 bridgehead atoms. The van der Waals surface area contributed by atoms with Crippen LogP contribution in [0, 0.1) is 17.8 Å². The zero-order valence-electron chi connectivity index (χ0n) is 20.7. The predicted octanol–water partition coefficient (Wildman–Crippen LogP) is 7.15. The summed E-state index contributed by atoms with van der Waals surface area (Å²) in [5.41, 5.74) is 0.989. The van der Waals surface area contributed by atoms with E-state index in [0.29, 0.717) is 12.3 Å². The van der Waals surface area contributed by atoms with Crippen molar-refractivity contribution < 1.29 is 18.0 Å². The van der Waals surface area contributed by atoms with Crippen LogP contribution < -0.4 is 4.90 Å². The van der Waals surface area contributed by atoms with Crippen LogP contribution in [-0.2, 0) is 11.2 Å². The number of ketones is 1. The van der Waals surface area contributed by atoms with Crippen LogP contribution in [0.4, 0.5) is 19.0 Å². The summed E-state index contributed by atoms with van der Waals surface area (Å²) in [6, 6.07) is 8.13. The highest BCUT2D eigenvalue weighted by Gasteiger charge is 2.36. The predicted molar refractivity (Wildman–Crippen MR) is 131 cm³/mol. The number of aromatic nitrogens is 2. The molecule has 1 saturated carbocycles. The molecular formula is C27H38F3N3O. The molecule has 4 nitrogen and oxygen atoms in total. The van der Waals surface area contributed by atoms with E-state index in [1.165, 1.54) is 19.3 Å². The first-order valence-corrected chi connectivity index (χ1v) is 12.6. The first-order chi connectivity index (χ1) is 16.1. The van der Waals surface area contributed by atoms with E-state index >= 15 is 0 Å². The van der Waals surface area contributed by atoms with E-state index in [-0.39, 0.29) is 18.6 Å². The molecular weight excluding hydrogens is 439 g/mol. The number of rotatable bonds is 11. The van der Waals surface area contributed by atoms with Crippen molar-refractivity contribution in [2.75, 3.05) is 19.0 Å². The Labute approximate surface area is 201 Å². The van der Waals surface area contributed by atoms with Crippen LogP contribution in [0.5, 0.6) is 0 Å². The van der Waals surface area contributed by atoms with Gasteiger partial charge in [-0.3, -0.25) is 4.79 Å². The lowest BCUT2D eigenvalue weighted by molar-refractivity contribution is -0.173. The minimum atomic E-state index is -4.27. The van der Waals surface area contributed by atoms with Crippen LogP contribution in [0.25, 0.3) is 10.9 Å². The molecule has 1 heterocycles. The Morgan fingerprint density at radius 1 is 1.03 bits per heavy atom. The molecule has 1 aliphatic carbocycles. The van der Waals surface area contributed by atoms with Crippen molar-refractivity contribution in [2.24, 2.45) is 17.8 Å². The molecule has 34 heavy (non-hydrogen) atoms. The summed E-state index contributed by atoms with van der Waals surface area (Å²) < 4.78 is 37.8. The number of halogens is 3. The van der Waals surface area contributed by atoms with Crippen LogP contribution in [0.1, 0.15) is 77.0 Å². The van der Waals surface area contributed by atoms with E-state index < -0.39 is 12.1 Å². The molecule has 1 aromatic heterocycles. The summed E-state index contributed by atoms with van der Waals surface area (Å²) in [7, 11) is 4.02. The van der Waals surface area contributed by atoms with Gasteiger partial charge in [-0.2, -0.15) is 13.2 Å². The highest BCUT2D eigenvalue weighted by atomic mass is 19.4. The van der Waals surface area contributed by atoms with Crippen molar-refractivity contribution in [3.63, 3.8) is 0 Å². The normalized spacial score (nSPS) is 19.8. The van der Waals surface area contributed by atoms with E-state index in [2.05, 4.69) is 6.07 Å². The fourth-order valence-corrected chi connectivity index (χ4v) is 5.06. The van der Waals surface area contributed by atoms with Gasteiger partial charge in [-0.1, -0.05) is 57.6 Å². The van der Waals surface area contributed by atoms with Gasteiger partial charge in [0, 0.05) is 38.7 Å². The minimum absolute atomic E-state index is 0.258. The summed E-state index contributed by atoms with van der Waals surface area (Å²) in [6.07, 6.45) is 5.14. The summed E-state index contributed by atoms with van der Waals surface area (Å²) in [6.45, 7) is 1.09. The zero-order valence-corrected chi connectivity index (χ0v) is 20.7. The highest BCUT2D eigenvalue weighted by Crippen LogP contribution is 2.35. The average molecular weight is 478 g/mol. The van der Waals surface area contributed by atoms with Crippen LogP contribution >= 0.6 is 0 Å². The summed E-state index contributed by atoms with van der Waals surface area (Å²) in [5.74, 6) is 1.40. The minimum Gasteiger partial charge on any atom is -0.362 e. The maximum Gasteiger partial charge on any atom is 0.391 e. The van der Waals surface area contributed by atoms with Crippen LogP contribution in [0.3, 0.4) is 0 Å². The molecule has 1 fully saturated rings. The van der Waals surface area contributed by atoms with E-state index in [0.717, 1.165) is 67.5 Å². The highest BCUT2D eigenvalue weighted by molar-refractivity contribution is 5.89. The molecule has 1 atom stereocenters. The van der Waals surface area contributed by atoms with Gasteiger partial charge in [0.1, 0.15) is 17.4 Å². The van der Waals surface area contributed by atoms with Crippen molar-refractivity contribution in [2.45, 2.75) is 83.7 Å². The van der Waals surface area contributed by atoms with Crippen LogP contribution in [-0.4, -0.2) is 36.0 Å². The molecule has 0 aliphatic heterocycles. The zero-order chi connectivity index (χ0) is 24.7. The standard InChI is InChI=1S/C27H38F3N3O/c1-19(27(28,29)30)18-22(34)10-6-8-20-14-16-21(17-15-20)9-7-13-25-31-24-12-5-4-11-23(24)26(32-25)33(2)3/h4-5,11-12,19-21H,6-10,13-18H2,1-3H3. The van der Waals surface area contributed by atoms with Gasteiger partial charge in [0.25, 0.3) is 0 Å². The van der Waals surface area contributed by atoms with Crippen molar-refractivity contribution >= 4 is 22.5 Å². The van der Waals surface area contributed by atoms with Gasteiger partial charge in [0.05, 0.1) is 11.4 Å². The largest absolute Gasteiger partial charge is 0.391 e. The number of anilines is 1. The van der Waals surface area contributed by atoms with Gasteiger partial charge in [0.15, 0.2) is 0 Å². The van der Waals surface area contributed by atoms with Gasteiger partial charge in [0.2, 0.25) is 0 Å². The van der Waals surface area contributed by atoms with Crippen molar-refractivity contribution in [3.8, 4) is 0 Å². The van der Waals surface area contributed by atoms with Gasteiger partial charge < -0.3 is 4.90 Å². The Morgan fingerprint density at radius 2 is 1.65 bits per heavy atom. The third-order valence-corrected chi connectivity index (χ3v) is 7.19. The Balaban J connectivity index is 1.36. The van der Waals surface area contributed by atoms with Crippen molar-refractivity contribution in [1.29, 1.82) is 0 Å². The summed E-state index contributed by atoms with van der Waals surface area (Å²) in [4.78, 5) is 23.5. The second-order valence-corrected chi connectivity index (χ2v) is 10.2. The lowest BCUT2D eigenvalue weighted by atomic mass is 9.78. The Kier molecular flexibility index (Phi) is 9.31. The van der Waals surface area contributed by atoms with E-state index in [4.69, 9.17) is 9.97 Å². The molecule has 1 unspecified atom stereocenters.